The van der Waals surface area contributed by atoms with E-state index >= 15 is 0 Å². The van der Waals surface area contributed by atoms with Crippen molar-refractivity contribution >= 4 is 11.9 Å². The molecule has 1 saturated heterocycles. The van der Waals surface area contributed by atoms with Crippen LogP contribution in [0, 0.1) is 5.92 Å². The molecule has 0 bridgehead atoms. The minimum absolute atomic E-state index is 0.246. The second-order valence-corrected chi connectivity index (χ2v) is 4.49. The van der Waals surface area contributed by atoms with Crippen LogP contribution in [-0.2, 0) is 11.8 Å². The molecular formula is C10H17N5O2. The lowest BCUT2D eigenvalue weighted by Gasteiger charge is -2.32. The Bertz CT molecular complexity index is 392. The lowest BCUT2D eigenvalue weighted by Crippen LogP contribution is -2.37. The first-order valence-corrected chi connectivity index (χ1v) is 5.86. The first kappa shape index (κ1) is 11.8. The fraction of sp³-hybridized carbons (Fsp3) is 0.800. The third kappa shape index (κ3) is 2.92. The summed E-state index contributed by atoms with van der Waals surface area (Å²) in [6, 6.07) is 0. The minimum Gasteiger partial charge on any atom is -0.481 e. The molecule has 0 radical (unpaired) electrons. The summed E-state index contributed by atoms with van der Waals surface area (Å²) < 4.78 is 1.65. The Morgan fingerprint density at radius 3 is 3.06 bits per heavy atom. The van der Waals surface area contributed by atoms with E-state index < -0.39 is 5.97 Å². The zero-order valence-electron chi connectivity index (χ0n) is 9.91. The molecule has 1 unspecified atom stereocenters. The van der Waals surface area contributed by atoms with Crippen molar-refractivity contribution in [2.75, 3.05) is 18.0 Å². The molecule has 0 amide bonds. The average Bonchev–Trinajstić information content (AvgIpc) is 2.73. The Morgan fingerprint density at radius 2 is 2.41 bits per heavy atom. The Kier molecular flexibility index (Phi) is 3.55. The Labute approximate surface area is 99.4 Å². The lowest BCUT2D eigenvalue weighted by atomic mass is 9.93. The SMILES string of the molecule is Cn1nnnc1N1CCCC(CCC(=O)O)C1. The van der Waals surface area contributed by atoms with Gasteiger partial charge < -0.3 is 10.0 Å². The number of carboxylic acid groups (broad SMARTS) is 1. The van der Waals surface area contributed by atoms with Crippen LogP contribution in [0.3, 0.4) is 0 Å². The Morgan fingerprint density at radius 1 is 1.59 bits per heavy atom. The fourth-order valence-electron chi connectivity index (χ4n) is 2.30. The normalized spacial score (nSPS) is 20.5. The zero-order chi connectivity index (χ0) is 12.3. The molecule has 2 heterocycles. The van der Waals surface area contributed by atoms with Crippen molar-refractivity contribution in [2.45, 2.75) is 25.7 Å². The molecule has 0 aromatic carbocycles. The largest absolute Gasteiger partial charge is 0.481 e. The molecule has 2 rings (SSSR count). The summed E-state index contributed by atoms with van der Waals surface area (Å²) in [5.41, 5.74) is 0. The second-order valence-electron chi connectivity index (χ2n) is 4.49. The maximum Gasteiger partial charge on any atom is 0.303 e. The van der Waals surface area contributed by atoms with Gasteiger partial charge in [-0.15, -0.1) is 0 Å². The quantitative estimate of drug-likeness (QED) is 0.813. The Hall–Kier alpha value is -1.66. The molecule has 17 heavy (non-hydrogen) atoms. The molecule has 94 valence electrons. The number of aromatic nitrogens is 4. The summed E-state index contributed by atoms with van der Waals surface area (Å²) in [7, 11) is 1.82. The number of anilines is 1. The highest BCUT2D eigenvalue weighted by atomic mass is 16.4. The number of aryl methyl sites for hydroxylation is 1. The summed E-state index contributed by atoms with van der Waals surface area (Å²) in [5, 5.41) is 20.1. The van der Waals surface area contributed by atoms with Crippen molar-refractivity contribution in [2.24, 2.45) is 13.0 Å². The predicted molar refractivity (Wildman–Crippen MR) is 60.6 cm³/mol. The van der Waals surface area contributed by atoms with Gasteiger partial charge in [0.15, 0.2) is 0 Å². The number of carbonyl (C=O) groups is 1. The van der Waals surface area contributed by atoms with E-state index in [1.54, 1.807) is 4.68 Å². The molecule has 1 fully saturated rings. The van der Waals surface area contributed by atoms with Crippen molar-refractivity contribution in [1.29, 1.82) is 0 Å². The monoisotopic (exact) mass is 239 g/mol. The average molecular weight is 239 g/mol. The van der Waals surface area contributed by atoms with Crippen molar-refractivity contribution in [3.8, 4) is 0 Å². The topological polar surface area (TPSA) is 84.1 Å². The standard InChI is InChI=1S/C10H17N5O2/c1-14-10(11-12-13-14)15-6-2-3-8(7-15)4-5-9(16)17/h8H,2-7H2,1H3,(H,16,17). The number of piperidine rings is 1. The first-order valence-electron chi connectivity index (χ1n) is 5.86. The van der Waals surface area contributed by atoms with Gasteiger partial charge in [0.25, 0.3) is 0 Å². The van der Waals surface area contributed by atoms with Crippen LogP contribution in [0.25, 0.3) is 0 Å². The number of nitrogens with zero attached hydrogens (tertiary/aromatic N) is 5. The van der Waals surface area contributed by atoms with E-state index in [-0.39, 0.29) is 6.42 Å². The van der Waals surface area contributed by atoms with E-state index in [1.807, 2.05) is 7.05 Å². The van der Waals surface area contributed by atoms with E-state index in [1.165, 1.54) is 0 Å². The molecule has 0 saturated carbocycles. The van der Waals surface area contributed by atoms with E-state index in [9.17, 15) is 4.79 Å². The number of carboxylic acids is 1. The maximum atomic E-state index is 10.6. The van der Waals surface area contributed by atoms with Gasteiger partial charge in [0.1, 0.15) is 0 Å². The number of rotatable bonds is 4. The van der Waals surface area contributed by atoms with Gasteiger partial charge in [-0.05, 0) is 35.6 Å². The number of hydrogen-bond donors (Lipinski definition) is 1. The molecular weight excluding hydrogens is 222 g/mol. The molecule has 1 aromatic heterocycles. The van der Waals surface area contributed by atoms with Crippen LogP contribution in [0.5, 0.6) is 0 Å². The van der Waals surface area contributed by atoms with Crippen LogP contribution >= 0.6 is 0 Å². The molecule has 0 spiro atoms. The minimum atomic E-state index is -0.720. The molecule has 1 N–H and O–H groups in total. The fourth-order valence-corrected chi connectivity index (χ4v) is 2.30. The zero-order valence-corrected chi connectivity index (χ0v) is 9.91. The predicted octanol–water partition coefficient (Wildman–Crippen LogP) is 0.291. The third-order valence-corrected chi connectivity index (χ3v) is 3.17. The highest BCUT2D eigenvalue weighted by molar-refractivity contribution is 5.66. The van der Waals surface area contributed by atoms with Crippen LogP contribution in [0.2, 0.25) is 0 Å². The number of hydrogen-bond acceptors (Lipinski definition) is 5. The van der Waals surface area contributed by atoms with Crippen LogP contribution < -0.4 is 4.90 Å². The summed E-state index contributed by atoms with van der Waals surface area (Å²) >= 11 is 0. The number of tetrazole rings is 1. The highest BCUT2D eigenvalue weighted by Gasteiger charge is 2.23. The van der Waals surface area contributed by atoms with Crippen LogP contribution in [0.15, 0.2) is 0 Å². The van der Waals surface area contributed by atoms with Gasteiger partial charge in [-0.25, -0.2) is 4.68 Å². The van der Waals surface area contributed by atoms with Crippen molar-refractivity contribution in [3.05, 3.63) is 0 Å². The van der Waals surface area contributed by atoms with Gasteiger partial charge in [-0.1, -0.05) is 5.10 Å². The molecule has 1 aromatic rings. The van der Waals surface area contributed by atoms with Crippen LogP contribution in [0.4, 0.5) is 5.95 Å². The second kappa shape index (κ2) is 5.11. The highest BCUT2D eigenvalue weighted by Crippen LogP contribution is 2.23. The van der Waals surface area contributed by atoms with Crippen LogP contribution in [-0.4, -0.2) is 44.4 Å². The molecule has 7 nitrogen and oxygen atoms in total. The molecule has 0 aliphatic carbocycles. The molecule has 7 heteroatoms. The molecule has 1 aliphatic heterocycles. The van der Waals surface area contributed by atoms with Gasteiger partial charge in [-0.3, -0.25) is 4.79 Å². The molecule has 1 aliphatic rings. The van der Waals surface area contributed by atoms with E-state index in [4.69, 9.17) is 5.11 Å². The Balaban J connectivity index is 1.93. The van der Waals surface area contributed by atoms with Gasteiger partial charge in [0, 0.05) is 26.6 Å². The first-order chi connectivity index (χ1) is 8.16. The summed E-state index contributed by atoms with van der Waals surface area (Å²) in [4.78, 5) is 12.7. The van der Waals surface area contributed by atoms with E-state index in [2.05, 4.69) is 20.4 Å². The maximum absolute atomic E-state index is 10.6. The summed E-state index contributed by atoms with van der Waals surface area (Å²) in [6.45, 7) is 1.79. The van der Waals surface area contributed by atoms with Crippen molar-refractivity contribution in [1.82, 2.24) is 20.2 Å². The third-order valence-electron chi connectivity index (χ3n) is 3.17. The van der Waals surface area contributed by atoms with Gasteiger partial charge in [0.2, 0.25) is 5.95 Å². The lowest BCUT2D eigenvalue weighted by molar-refractivity contribution is -0.137. The van der Waals surface area contributed by atoms with E-state index in [0.717, 1.165) is 38.3 Å². The molecule has 1 atom stereocenters. The summed E-state index contributed by atoms with van der Waals surface area (Å²) in [6.07, 6.45) is 3.14. The van der Waals surface area contributed by atoms with Crippen molar-refractivity contribution < 1.29 is 9.90 Å². The van der Waals surface area contributed by atoms with Gasteiger partial charge >= 0.3 is 5.97 Å². The van der Waals surface area contributed by atoms with Gasteiger partial charge in [-0.2, -0.15) is 0 Å². The van der Waals surface area contributed by atoms with Gasteiger partial charge in [0.05, 0.1) is 0 Å². The van der Waals surface area contributed by atoms with Crippen molar-refractivity contribution in [3.63, 3.8) is 0 Å². The number of aliphatic carboxylic acids is 1. The van der Waals surface area contributed by atoms with E-state index in [0.29, 0.717) is 5.92 Å². The smallest absolute Gasteiger partial charge is 0.303 e. The summed E-state index contributed by atoms with van der Waals surface area (Å²) in [5.74, 6) is 0.476. The van der Waals surface area contributed by atoms with Crippen LogP contribution in [0.1, 0.15) is 25.7 Å².